The maximum atomic E-state index is 12.7. The Morgan fingerprint density at radius 1 is 1.41 bits per heavy atom. The number of aromatic nitrogens is 1. The Bertz CT molecular complexity index is 431. The number of halogens is 3. The van der Waals surface area contributed by atoms with E-state index in [9.17, 15) is 18.0 Å². The lowest BCUT2D eigenvalue weighted by atomic mass is 9.99. The zero-order valence-electron chi connectivity index (χ0n) is 8.83. The van der Waals surface area contributed by atoms with Gasteiger partial charge in [-0.05, 0) is 6.07 Å². The van der Waals surface area contributed by atoms with Crippen LogP contribution in [0.4, 0.5) is 13.2 Å². The zero-order valence-corrected chi connectivity index (χ0v) is 8.83. The number of rotatable bonds is 1. The van der Waals surface area contributed by atoms with Gasteiger partial charge in [0.1, 0.15) is 11.5 Å². The maximum absolute atomic E-state index is 12.7. The molecule has 6 heteroatoms. The van der Waals surface area contributed by atoms with E-state index in [-0.39, 0.29) is 30.8 Å². The van der Waals surface area contributed by atoms with E-state index in [1.165, 1.54) is 12.1 Å². The highest BCUT2D eigenvalue weighted by Gasteiger charge is 2.38. The van der Waals surface area contributed by atoms with Crippen LogP contribution >= 0.6 is 0 Å². The van der Waals surface area contributed by atoms with E-state index in [0.717, 1.165) is 6.20 Å². The molecular formula is C11H10F3NO2. The first kappa shape index (κ1) is 12.0. The third-order valence-corrected chi connectivity index (χ3v) is 2.57. The number of alkyl halides is 3. The maximum Gasteiger partial charge on any atom is 0.433 e. The number of hydrogen-bond donors (Lipinski definition) is 0. The van der Waals surface area contributed by atoms with Crippen molar-refractivity contribution >= 4 is 5.78 Å². The fourth-order valence-electron chi connectivity index (χ4n) is 1.80. The van der Waals surface area contributed by atoms with Crippen molar-refractivity contribution in [3.63, 3.8) is 0 Å². The second kappa shape index (κ2) is 4.44. The van der Waals surface area contributed by atoms with Crippen LogP contribution in [0, 0.1) is 0 Å². The molecule has 1 aromatic rings. The van der Waals surface area contributed by atoms with Crippen LogP contribution in [0.3, 0.4) is 0 Å². The van der Waals surface area contributed by atoms with Crippen molar-refractivity contribution in [3.05, 3.63) is 29.6 Å². The molecule has 2 rings (SSSR count). The molecule has 3 nitrogen and oxygen atoms in total. The summed E-state index contributed by atoms with van der Waals surface area (Å²) in [5.41, 5.74) is -1.03. The molecule has 1 unspecified atom stereocenters. The molecule has 2 heterocycles. The van der Waals surface area contributed by atoms with E-state index < -0.39 is 18.0 Å². The standard InChI is InChI=1S/C11H10F3NO2/c12-11(13,14)10-8(2-1-4-15-10)9-6-7(16)3-5-17-9/h1-2,4,9H,3,5-6H2. The van der Waals surface area contributed by atoms with Crippen LogP contribution in [0.5, 0.6) is 0 Å². The average Bonchev–Trinajstić information content (AvgIpc) is 2.28. The highest BCUT2D eigenvalue weighted by atomic mass is 19.4. The van der Waals surface area contributed by atoms with Gasteiger partial charge in [0.25, 0.3) is 0 Å². The molecule has 1 aromatic heterocycles. The van der Waals surface area contributed by atoms with E-state index in [1.54, 1.807) is 0 Å². The van der Waals surface area contributed by atoms with E-state index in [4.69, 9.17) is 4.74 Å². The van der Waals surface area contributed by atoms with Crippen LogP contribution in [0.1, 0.15) is 30.2 Å². The molecule has 0 spiro atoms. The minimum atomic E-state index is -4.53. The molecule has 1 saturated heterocycles. The number of carbonyl (C=O) groups is 1. The third kappa shape index (κ3) is 2.63. The molecule has 0 bridgehead atoms. The summed E-state index contributed by atoms with van der Waals surface area (Å²) in [6.45, 7) is 0.162. The van der Waals surface area contributed by atoms with Crippen LogP contribution < -0.4 is 0 Å². The second-order valence-corrected chi connectivity index (χ2v) is 3.79. The Labute approximate surface area is 95.6 Å². The number of ether oxygens (including phenoxy) is 1. The minimum absolute atomic E-state index is 0.0191. The van der Waals surface area contributed by atoms with Gasteiger partial charge in [-0.1, -0.05) is 6.07 Å². The average molecular weight is 245 g/mol. The quantitative estimate of drug-likeness (QED) is 0.763. The summed E-state index contributed by atoms with van der Waals surface area (Å²) in [5, 5.41) is 0. The van der Waals surface area contributed by atoms with Crippen molar-refractivity contribution in [2.24, 2.45) is 0 Å². The van der Waals surface area contributed by atoms with Gasteiger partial charge >= 0.3 is 6.18 Å². The highest BCUT2D eigenvalue weighted by molar-refractivity contribution is 5.79. The fourth-order valence-corrected chi connectivity index (χ4v) is 1.80. The van der Waals surface area contributed by atoms with Crippen LogP contribution in [0.15, 0.2) is 18.3 Å². The first-order valence-electron chi connectivity index (χ1n) is 5.14. The third-order valence-electron chi connectivity index (χ3n) is 2.57. The van der Waals surface area contributed by atoms with Crippen LogP contribution in [-0.2, 0) is 15.7 Å². The molecule has 0 aliphatic carbocycles. The molecule has 17 heavy (non-hydrogen) atoms. The van der Waals surface area contributed by atoms with Crippen LogP contribution in [0.25, 0.3) is 0 Å². The smallest absolute Gasteiger partial charge is 0.373 e. The van der Waals surface area contributed by atoms with Gasteiger partial charge in [0.2, 0.25) is 0 Å². The summed E-state index contributed by atoms with van der Waals surface area (Å²) >= 11 is 0. The number of hydrogen-bond acceptors (Lipinski definition) is 3. The summed E-state index contributed by atoms with van der Waals surface area (Å²) in [7, 11) is 0. The fraction of sp³-hybridized carbons (Fsp3) is 0.455. The minimum Gasteiger partial charge on any atom is -0.373 e. The molecule has 1 aliphatic heterocycles. The van der Waals surface area contributed by atoms with Crippen molar-refractivity contribution in [3.8, 4) is 0 Å². The lowest BCUT2D eigenvalue weighted by Crippen LogP contribution is -2.23. The first-order valence-corrected chi connectivity index (χ1v) is 5.14. The first-order chi connectivity index (χ1) is 7.98. The van der Waals surface area contributed by atoms with Gasteiger partial charge in [-0.25, -0.2) is 0 Å². The van der Waals surface area contributed by atoms with Gasteiger partial charge in [-0.15, -0.1) is 0 Å². The summed E-state index contributed by atoms with van der Waals surface area (Å²) in [6.07, 6.45) is -4.04. The molecule has 92 valence electrons. The van der Waals surface area contributed by atoms with E-state index in [0.29, 0.717) is 0 Å². The number of ketones is 1. The summed E-state index contributed by atoms with van der Waals surface area (Å²) < 4.78 is 43.3. The Morgan fingerprint density at radius 3 is 2.82 bits per heavy atom. The number of nitrogens with zero attached hydrogens (tertiary/aromatic N) is 1. The normalized spacial score (nSPS) is 21.6. The van der Waals surface area contributed by atoms with Crippen molar-refractivity contribution in [1.29, 1.82) is 0 Å². The van der Waals surface area contributed by atoms with E-state index in [1.807, 2.05) is 0 Å². The van der Waals surface area contributed by atoms with Crippen molar-refractivity contribution in [2.75, 3.05) is 6.61 Å². The lowest BCUT2D eigenvalue weighted by Gasteiger charge is -2.24. The summed E-state index contributed by atoms with van der Waals surface area (Å²) in [6, 6.07) is 2.71. The molecule has 0 aromatic carbocycles. The second-order valence-electron chi connectivity index (χ2n) is 3.79. The molecule has 0 N–H and O–H groups in total. The molecule has 0 radical (unpaired) electrons. The van der Waals surface area contributed by atoms with Gasteiger partial charge in [0.15, 0.2) is 0 Å². The summed E-state index contributed by atoms with van der Waals surface area (Å²) in [4.78, 5) is 14.6. The SMILES string of the molecule is O=C1CCOC(c2cccnc2C(F)(F)F)C1. The van der Waals surface area contributed by atoms with Gasteiger partial charge in [0.05, 0.1) is 12.7 Å². The molecule has 1 aliphatic rings. The Hall–Kier alpha value is -1.43. The highest BCUT2D eigenvalue weighted by Crippen LogP contribution is 2.36. The summed E-state index contributed by atoms with van der Waals surface area (Å²) in [5.74, 6) is -0.0850. The van der Waals surface area contributed by atoms with Crippen molar-refractivity contribution in [1.82, 2.24) is 4.98 Å². The molecular weight excluding hydrogens is 235 g/mol. The molecule has 0 amide bonds. The topological polar surface area (TPSA) is 39.2 Å². The van der Waals surface area contributed by atoms with E-state index in [2.05, 4.69) is 4.98 Å². The van der Waals surface area contributed by atoms with Crippen LogP contribution in [0.2, 0.25) is 0 Å². The van der Waals surface area contributed by atoms with Gasteiger partial charge in [-0.2, -0.15) is 13.2 Å². The predicted octanol–water partition coefficient (Wildman–Crippen LogP) is 2.52. The Morgan fingerprint density at radius 2 is 2.18 bits per heavy atom. The number of pyridine rings is 1. The van der Waals surface area contributed by atoms with E-state index >= 15 is 0 Å². The molecule has 1 atom stereocenters. The number of carbonyl (C=O) groups excluding carboxylic acids is 1. The number of Topliss-reactive ketones (excluding diaryl/α,β-unsaturated/α-hetero) is 1. The predicted molar refractivity (Wildman–Crippen MR) is 52.2 cm³/mol. The van der Waals surface area contributed by atoms with Gasteiger partial charge in [0, 0.05) is 24.6 Å². The van der Waals surface area contributed by atoms with Crippen molar-refractivity contribution < 1.29 is 22.7 Å². The Balaban J connectivity index is 2.34. The van der Waals surface area contributed by atoms with Crippen LogP contribution in [-0.4, -0.2) is 17.4 Å². The van der Waals surface area contributed by atoms with Crippen molar-refractivity contribution in [2.45, 2.75) is 25.1 Å². The lowest BCUT2D eigenvalue weighted by molar-refractivity contribution is -0.145. The monoisotopic (exact) mass is 245 g/mol. The Kier molecular flexibility index (Phi) is 3.15. The van der Waals surface area contributed by atoms with Gasteiger partial charge in [-0.3, -0.25) is 9.78 Å². The van der Waals surface area contributed by atoms with Gasteiger partial charge < -0.3 is 4.74 Å². The molecule has 1 fully saturated rings. The zero-order chi connectivity index (χ0) is 12.5. The molecule has 0 saturated carbocycles. The largest absolute Gasteiger partial charge is 0.433 e.